The fourth-order valence-corrected chi connectivity index (χ4v) is 3.00. The average Bonchev–Trinajstić information content (AvgIpc) is 2.51. The van der Waals surface area contributed by atoms with Crippen LogP contribution in [0, 0.1) is 12.7 Å². The van der Waals surface area contributed by atoms with Gasteiger partial charge >= 0.3 is 0 Å². The quantitative estimate of drug-likeness (QED) is 0.870. The van der Waals surface area contributed by atoms with Crippen LogP contribution in [0.15, 0.2) is 30.3 Å². The zero-order chi connectivity index (χ0) is 15.9. The van der Waals surface area contributed by atoms with Crippen LogP contribution in [0.2, 0.25) is 0 Å². The van der Waals surface area contributed by atoms with Gasteiger partial charge in [0.05, 0.1) is 0 Å². The summed E-state index contributed by atoms with van der Waals surface area (Å²) in [7, 11) is 0. The van der Waals surface area contributed by atoms with E-state index in [2.05, 4.69) is 0 Å². The summed E-state index contributed by atoms with van der Waals surface area (Å²) >= 11 is 0. The smallest absolute Gasteiger partial charge is 0.223 e. The first kappa shape index (κ1) is 14.6. The number of hydrogen-bond donors (Lipinski definition) is 1. The Hall–Kier alpha value is -2.36. The van der Waals surface area contributed by atoms with Crippen molar-refractivity contribution in [3.63, 3.8) is 0 Å². The summed E-state index contributed by atoms with van der Waals surface area (Å²) < 4.78 is 13.5. The minimum absolute atomic E-state index is 0.0285. The van der Waals surface area contributed by atoms with E-state index >= 15 is 0 Å². The SMILES string of the molecule is CC(=O)N1CCCc2cc(-c3ccc(F)c(C)c3O)ccc21. The highest BCUT2D eigenvalue weighted by Gasteiger charge is 2.21. The number of halogens is 1. The monoisotopic (exact) mass is 299 g/mol. The Labute approximate surface area is 129 Å². The molecule has 4 heteroatoms. The summed E-state index contributed by atoms with van der Waals surface area (Å²) in [4.78, 5) is 13.5. The van der Waals surface area contributed by atoms with Gasteiger partial charge in [0.15, 0.2) is 0 Å². The third-order valence-electron chi connectivity index (χ3n) is 4.25. The van der Waals surface area contributed by atoms with Crippen molar-refractivity contribution in [3.8, 4) is 16.9 Å². The van der Waals surface area contributed by atoms with Crippen molar-refractivity contribution in [2.24, 2.45) is 0 Å². The molecule has 3 nitrogen and oxygen atoms in total. The number of aryl methyl sites for hydroxylation is 1. The van der Waals surface area contributed by atoms with Gasteiger partial charge in [-0.3, -0.25) is 4.79 Å². The number of fused-ring (bicyclic) bond motifs is 1. The Kier molecular flexibility index (Phi) is 3.61. The van der Waals surface area contributed by atoms with E-state index in [1.165, 1.54) is 6.07 Å². The van der Waals surface area contributed by atoms with Crippen LogP contribution in [-0.2, 0) is 11.2 Å². The number of benzene rings is 2. The van der Waals surface area contributed by atoms with Gasteiger partial charge in [-0.1, -0.05) is 6.07 Å². The topological polar surface area (TPSA) is 40.5 Å². The molecule has 0 unspecified atom stereocenters. The molecular formula is C18H18FNO2. The van der Waals surface area contributed by atoms with Crippen LogP contribution in [-0.4, -0.2) is 17.6 Å². The van der Waals surface area contributed by atoms with Crippen LogP contribution in [0.1, 0.15) is 24.5 Å². The Morgan fingerprint density at radius 3 is 2.77 bits per heavy atom. The molecule has 0 aromatic heterocycles. The standard InChI is InChI=1S/C18H18FNO2/c1-11-16(19)7-6-15(18(11)22)13-5-8-17-14(10-13)4-3-9-20(17)12(2)21/h5-8,10,22H,3-4,9H2,1-2H3. The van der Waals surface area contributed by atoms with Crippen LogP contribution in [0.25, 0.3) is 11.1 Å². The number of nitrogens with zero attached hydrogens (tertiary/aromatic N) is 1. The second kappa shape index (κ2) is 5.44. The minimum Gasteiger partial charge on any atom is -0.507 e. The first-order chi connectivity index (χ1) is 10.5. The summed E-state index contributed by atoms with van der Waals surface area (Å²) in [5.74, 6) is -0.407. The van der Waals surface area contributed by atoms with Gasteiger partial charge < -0.3 is 10.0 Å². The van der Waals surface area contributed by atoms with Crippen molar-refractivity contribution >= 4 is 11.6 Å². The van der Waals surface area contributed by atoms with E-state index in [4.69, 9.17) is 0 Å². The molecule has 1 aliphatic rings. The van der Waals surface area contributed by atoms with Crippen molar-refractivity contribution in [1.29, 1.82) is 0 Å². The summed E-state index contributed by atoms with van der Waals surface area (Å²) in [6.07, 6.45) is 1.82. The molecule has 1 amide bonds. The minimum atomic E-state index is -0.415. The lowest BCUT2D eigenvalue weighted by Gasteiger charge is -2.29. The van der Waals surface area contributed by atoms with Crippen LogP contribution in [0.5, 0.6) is 5.75 Å². The molecule has 1 N–H and O–H groups in total. The number of phenols is 1. The molecule has 0 bridgehead atoms. The number of phenolic OH excluding ortho intramolecular Hbond substituents is 1. The van der Waals surface area contributed by atoms with E-state index in [9.17, 15) is 14.3 Å². The van der Waals surface area contributed by atoms with Crippen molar-refractivity contribution in [2.75, 3.05) is 11.4 Å². The molecule has 0 fully saturated rings. The van der Waals surface area contributed by atoms with Gasteiger partial charge in [-0.15, -0.1) is 0 Å². The highest BCUT2D eigenvalue weighted by molar-refractivity contribution is 5.93. The van der Waals surface area contributed by atoms with E-state index in [0.717, 1.165) is 36.2 Å². The number of anilines is 1. The fraction of sp³-hybridized carbons (Fsp3) is 0.278. The van der Waals surface area contributed by atoms with Gasteiger partial charge in [0, 0.05) is 30.3 Å². The lowest BCUT2D eigenvalue weighted by molar-refractivity contribution is -0.116. The maximum Gasteiger partial charge on any atom is 0.223 e. The van der Waals surface area contributed by atoms with Crippen LogP contribution >= 0.6 is 0 Å². The molecule has 114 valence electrons. The summed E-state index contributed by atoms with van der Waals surface area (Å²) in [6, 6.07) is 8.71. The zero-order valence-electron chi connectivity index (χ0n) is 12.7. The number of amides is 1. The highest BCUT2D eigenvalue weighted by atomic mass is 19.1. The number of aromatic hydroxyl groups is 1. The Morgan fingerprint density at radius 2 is 2.05 bits per heavy atom. The third-order valence-corrected chi connectivity index (χ3v) is 4.25. The predicted molar refractivity (Wildman–Crippen MR) is 84.6 cm³/mol. The molecule has 1 heterocycles. The molecule has 0 saturated heterocycles. The van der Waals surface area contributed by atoms with E-state index < -0.39 is 5.82 Å². The molecule has 2 aromatic carbocycles. The van der Waals surface area contributed by atoms with E-state index in [-0.39, 0.29) is 17.2 Å². The normalized spacial score (nSPS) is 13.9. The average molecular weight is 299 g/mol. The molecule has 0 spiro atoms. The van der Waals surface area contributed by atoms with E-state index in [1.807, 2.05) is 18.2 Å². The lowest BCUT2D eigenvalue weighted by Crippen LogP contribution is -2.33. The molecule has 0 aliphatic carbocycles. The Balaban J connectivity index is 2.08. The fourth-order valence-electron chi connectivity index (χ4n) is 3.00. The Morgan fingerprint density at radius 1 is 1.27 bits per heavy atom. The first-order valence-corrected chi connectivity index (χ1v) is 7.38. The van der Waals surface area contributed by atoms with Crippen molar-refractivity contribution in [3.05, 3.63) is 47.3 Å². The second-order valence-electron chi connectivity index (χ2n) is 5.69. The maximum absolute atomic E-state index is 13.5. The number of carbonyl (C=O) groups excluding carboxylic acids is 1. The van der Waals surface area contributed by atoms with Gasteiger partial charge in [-0.25, -0.2) is 4.39 Å². The highest BCUT2D eigenvalue weighted by Crippen LogP contribution is 2.37. The molecule has 3 rings (SSSR count). The van der Waals surface area contributed by atoms with Crippen LogP contribution in [0.3, 0.4) is 0 Å². The summed E-state index contributed by atoms with van der Waals surface area (Å²) in [6.45, 7) is 3.87. The largest absolute Gasteiger partial charge is 0.507 e. The van der Waals surface area contributed by atoms with E-state index in [1.54, 1.807) is 24.8 Å². The molecule has 1 aliphatic heterocycles. The number of rotatable bonds is 1. The Bertz CT molecular complexity index is 755. The lowest BCUT2D eigenvalue weighted by atomic mass is 9.95. The first-order valence-electron chi connectivity index (χ1n) is 7.38. The van der Waals surface area contributed by atoms with Crippen molar-refractivity contribution in [1.82, 2.24) is 0 Å². The van der Waals surface area contributed by atoms with Crippen LogP contribution in [0.4, 0.5) is 10.1 Å². The maximum atomic E-state index is 13.5. The molecule has 22 heavy (non-hydrogen) atoms. The van der Waals surface area contributed by atoms with Gasteiger partial charge in [-0.05, 0) is 55.2 Å². The second-order valence-corrected chi connectivity index (χ2v) is 5.69. The van der Waals surface area contributed by atoms with E-state index in [0.29, 0.717) is 5.56 Å². The molecule has 2 aromatic rings. The molecule has 0 radical (unpaired) electrons. The van der Waals surface area contributed by atoms with Gasteiger partial charge in [-0.2, -0.15) is 0 Å². The van der Waals surface area contributed by atoms with Gasteiger partial charge in [0.25, 0.3) is 0 Å². The zero-order valence-corrected chi connectivity index (χ0v) is 12.7. The molecule has 0 saturated carbocycles. The predicted octanol–water partition coefficient (Wildman–Crippen LogP) is 3.81. The number of carbonyl (C=O) groups is 1. The van der Waals surface area contributed by atoms with Gasteiger partial charge in [0.1, 0.15) is 11.6 Å². The summed E-state index contributed by atoms with van der Waals surface area (Å²) in [5.41, 5.74) is 3.72. The molecular weight excluding hydrogens is 281 g/mol. The third kappa shape index (κ3) is 2.34. The van der Waals surface area contributed by atoms with Crippen molar-refractivity contribution in [2.45, 2.75) is 26.7 Å². The number of hydrogen-bond acceptors (Lipinski definition) is 2. The van der Waals surface area contributed by atoms with Crippen LogP contribution < -0.4 is 4.90 Å². The summed E-state index contributed by atoms with van der Waals surface area (Å²) in [5, 5.41) is 10.2. The molecule has 0 atom stereocenters. The van der Waals surface area contributed by atoms with Crippen molar-refractivity contribution < 1.29 is 14.3 Å². The van der Waals surface area contributed by atoms with Gasteiger partial charge in [0.2, 0.25) is 5.91 Å².